The van der Waals surface area contributed by atoms with Crippen LogP contribution in [-0.4, -0.2) is 33.2 Å². The van der Waals surface area contributed by atoms with E-state index in [-0.39, 0.29) is 9.79 Å². The van der Waals surface area contributed by atoms with E-state index in [0.717, 1.165) is 0 Å². The van der Waals surface area contributed by atoms with Crippen LogP contribution in [0, 0.1) is 0 Å². The Labute approximate surface area is 173 Å². The van der Waals surface area contributed by atoms with Gasteiger partial charge in [0.05, 0.1) is 16.9 Å². The summed E-state index contributed by atoms with van der Waals surface area (Å²) in [6, 6.07) is 17.1. The van der Waals surface area contributed by atoms with Crippen LogP contribution >= 0.6 is 11.6 Å². The molecule has 3 rings (SSSR count). The van der Waals surface area contributed by atoms with E-state index in [2.05, 4.69) is 0 Å². The Balaban J connectivity index is 1.94. The highest BCUT2D eigenvalue weighted by molar-refractivity contribution is 7.91. The van der Waals surface area contributed by atoms with Gasteiger partial charge in [0.25, 0.3) is 0 Å². The topological polar surface area (TPSA) is 89.9 Å². The maximum absolute atomic E-state index is 12.8. The number of benzene rings is 3. The number of hydrogen-bond donors (Lipinski definition) is 1. The predicted octanol–water partition coefficient (Wildman–Crippen LogP) is 4.31. The van der Waals surface area contributed by atoms with Crippen molar-refractivity contribution in [3.63, 3.8) is 0 Å². The van der Waals surface area contributed by atoms with Gasteiger partial charge in [-0.1, -0.05) is 23.7 Å². The first kappa shape index (κ1) is 20.7. The van der Waals surface area contributed by atoms with Gasteiger partial charge in [-0.25, -0.2) is 13.2 Å². The number of carboxylic acid groups (broad SMARTS) is 1. The fourth-order valence-electron chi connectivity index (χ4n) is 2.70. The van der Waals surface area contributed by atoms with Crippen molar-refractivity contribution in [2.45, 2.75) is 9.79 Å². The monoisotopic (exact) mass is 432 g/mol. The van der Waals surface area contributed by atoms with Gasteiger partial charge in [0.15, 0.2) is 6.61 Å². The van der Waals surface area contributed by atoms with Crippen molar-refractivity contribution in [3.8, 4) is 22.6 Å². The smallest absolute Gasteiger partial charge is 0.341 e. The Hall–Kier alpha value is -3.03. The summed E-state index contributed by atoms with van der Waals surface area (Å²) in [7, 11) is -2.19. The van der Waals surface area contributed by atoms with Gasteiger partial charge in [-0.15, -0.1) is 0 Å². The van der Waals surface area contributed by atoms with Crippen LogP contribution in [0.4, 0.5) is 0 Å². The third-order valence-corrected chi connectivity index (χ3v) is 6.16. The van der Waals surface area contributed by atoms with Crippen molar-refractivity contribution >= 4 is 27.4 Å². The zero-order chi connectivity index (χ0) is 21.0. The number of carboxylic acids is 1. The fourth-order valence-corrected chi connectivity index (χ4v) is 4.13. The van der Waals surface area contributed by atoms with Crippen LogP contribution in [0.15, 0.2) is 76.5 Å². The highest BCUT2D eigenvalue weighted by atomic mass is 35.5. The molecule has 3 aromatic rings. The zero-order valence-corrected chi connectivity index (χ0v) is 16.9. The summed E-state index contributed by atoms with van der Waals surface area (Å²) in [6.07, 6.45) is 0. The second kappa shape index (κ2) is 8.55. The van der Waals surface area contributed by atoms with Crippen LogP contribution in [0.25, 0.3) is 11.1 Å². The Morgan fingerprint density at radius 3 is 2.10 bits per heavy atom. The second-order valence-corrected chi connectivity index (χ2v) is 8.41. The number of hydrogen-bond acceptors (Lipinski definition) is 5. The minimum Gasteiger partial charge on any atom is -0.497 e. The molecule has 150 valence electrons. The normalized spacial score (nSPS) is 11.1. The van der Waals surface area contributed by atoms with Crippen LogP contribution in [0.5, 0.6) is 11.5 Å². The Bertz CT molecular complexity index is 1120. The molecule has 29 heavy (non-hydrogen) atoms. The first-order valence-corrected chi connectivity index (χ1v) is 10.3. The SMILES string of the molecule is COc1ccc(S(=O)(=O)c2ccc(-c3cc(Cl)ccc3OCC(=O)O)cc2)cc1. The summed E-state index contributed by atoms with van der Waals surface area (Å²) >= 11 is 6.06. The molecular weight excluding hydrogens is 416 g/mol. The van der Waals surface area contributed by atoms with Crippen molar-refractivity contribution in [1.29, 1.82) is 0 Å². The number of ether oxygens (including phenoxy) is 2. The molecule has 0 saturated heterocycles. The molecule has 0 aromatic heterocycles. The van der Waals surface area contributed by atoms with Gasteiger partial charge in [-0.05, 0) is 60.2 Å². The molecule has 1 N–H and O–H groups in total. The van der Waals surface area contributed by atoms with E-state index in [9.17, 15) is 13.2 Å². The number of methoxy groups -OCH3 is 1. The lowest BCUT2D eigenvalue weighted by Crippen LogP contribution is -2.10. The average Bonchev–Trinajstić information content (AvgIpc) is 2.73. The lowest BCUT2D eigenvalue weighted by molar-refractivity contribution is -0.139. The number of aliphatic carboxylic acids is 1. The van der Waals surface area contributed by atoms with Gasteiger partial charge in [-0.2, -0.15) is 0 Å². The molecular formula is C21H17ClO6S. The molecule has 8 heteroatoms. The zero-order valence-electron chi connectivity index (χ0n) is 15.3. The van der Waals surface area contributed by atoms with Gasteiger partial charge in [0.2, 0.25) is 9.84 Å². The first-order valence-electron chi connectivity index (χ1n) is 8.45. The van der Waals surface area contributed by atoms with Crippen LogP contribution in [0.3, 0.4) is 0 Å². The molecule has 3 aromatic carbocycles. The van der Waals surface area contributed by atoms with Gasteiger partial charge >= 0.3 is 5.97 Å². The number of halogens is 1. The minimum atomic E-state index is -3.69. The number of carbonyl (C=O) groups is 1. The maximum Gasteiger partial charge on any atom is 0.341 e. The fraction of sp³-hybridized carbons (Fsp3) is 0.0952. The summed E-state index contributed by atoms with van der Waals surface area (Å²) < 4.78 is 36.0. The summed E-state index contributed by atoms with van der Waals surface area (Å²) in [6.45, 7) is -0.501. The molecule has 0 radical (unpaired) electrons. The summed E-state index contributed by atoms with van der Waals surface area (Å²) in [5, 5.41) is 9.27. The Morgan fingerprint density at radius 1 is 0.966 bits per heavy atom. The Morgan fingerprint density at radius 2 is 1.55 bits per heavy atom. The third-order valence-electron chi connectivity index (χ3n) is 4.14. The highest BCUT2D eigenvalue weighted by Gasteiger charge is 2.18. The van der Waals surface area contributed by atoms with Crippen molar-refractivity contribution in [2.24, 2.45) is 0 Å². The summed E-state index contributed by atoms with van der Waals surface area (Å²) in [5.41, 5.74) is 1.20. The van der Waals surface area contributed by atoms with E-state index in [1.165, 1.54) is 31.4 Å². The van der Waals surface area contributed by atoms with Gasteiger partial charge in [-0.3, -0.25) is 0 Å². The van der Waals surface area contributed by atoms with E-state index < -0.39 is 22.4 Å². The standard InChI is InChI=1S/C21H17ClO6S/c1-27-16-5-9-18(10-6-16)29(25,26)17-7-2-14(3-8-17)19-12-15(22)4-11-20(19)28-13-21(23)24/h2-12H,13H2,1H3,(H,23,24). The van der Waals surface area contributed by atoms with Crippen molar-refractivity contribution in [1.82, 2.24) is 0 Å². The van der Waals surface area contributed by atoms with Gasteiger partial charge in [0, 0.05) is 10.6 Å². The molecule has 0 saturated carbocycles. The van der Waals surface area contributed by atoms with Crippen molar-refractivity contribution < 1.29 is 27.8 Å². The predicted molar refractivity (Wildman–Crippen MR) is 108 cm³/mol. The molecule has 0 bridgehead atoms. The van der Waals surface area contributed by atoms with Crippen LogP contribution in [-0.2, 0) is 14.6 Å². The minimum absolute atomic E-state index is 0.126. The average molecular weight is 433 g/mol. The lowest BCUT2D eigenvalue weighted by atomic mass is 10.0. The highest BCUT2D eigenvalue weighted by Crippen LogP contribution is 2.34. The van der Waals surface area contributed by atoms with Crippen molar-refractivity contribution in [2.75, 3.05) is 13.7 Å². The molecule has 0 atom stereocenters. The Kier molecular flexibility index (Phi) is 6.10. The molecule has 0 aliphatic heterocycles. The third kappa shape index (κ3) is 4.70. The van der Waals surface area contributed by atoms with E-state index in [4.69, 9.17) is 26.2 Å². The summed E-state index contributed by atoms with van der Waals surface area (Å²) in [5.74, 6) is -0.205. The molecule has 6 nitrogen and oxygen atoms in total. The van der Waals surface area contributed by atoms with Gasteiger partial charge < -0.3 is 14.6 Å². The molecule has 0 heterocycles. The van der Waals surface area contributed by atoms with Crippen LogP contribution in [0.1, 0.15) is 0 Å². The molecule has 0 spiro atoms. The van der Waals surface area contributed by atoms with Crippen molar-refractivity contribution in [3.05, 3.63) is 71.8 Å². The van der Waals surface area contributed by atoms with Gasteiger partial charge in [0.1, 0.15) is 11.5 Å². The van der Waals surface area contributed by atoms with E-state index >= 15 is 0 Å². The van der Waals surface area contributed by atoms with E-state index in [1.54, 1.807) is 42.5 Å². The second-order valence-electron chi connectivity index (χ2n) is 6.03. The molecule has 0 amide bonds. The quantitative estimate of drug-likeness (QED) is 0.598. The largest absolute Gasteiger partial charge is 0.497 e. The van der Waals surface area contributed by atoms with E-state index in [0.29, 0.717) is 27.6 Å². The van der Waals surface area contributed by atoms with E-state index in [1.807, 2.05) is 0 Å². The lowest BCUT2D eigenvalue weighted by Gasteiger charge is -2.12. The van der Waals surface area contributed by atoms with Crippen LogP contribution in [0.2, 0.25) is 5.02 Å². The number of rotatable bonds is 7. The number of sulfone groups is 1. The maximum atomic E-state index is 12.8. The summed E-state index contributed by atoms with van der Waals surface area (Å²) in [4.78, 5) is 11.1. The van der Waals surface area contributed by atoms with Crippen LogP contribution < -0.4 is 9.47 Å². The molecule has 0 aliphatic rings. The molecule has 0 fully saturated rings. The molecule has 0 unspecified atom stereocenters. The molecule has 0 aliphatic carbocycles. The first-order chi connectivity index (χ1) is 13.8.